The summed E-state index contributed by atoms with van der Waals surface area (Å²) < 4.78 is 53.6. The van der Waals surface area contributed by atoms with E-state index in [1.165, 1.54) is 0 Å². The minimum atomic E-state index is -4.42. The normalized spacial score (nSPS) is 20.2. The summed E-state index contributed by atoms with van der Waals surface area (Å²) in [5, 5.41) is 4.27. The van der Waals surface area contributed by atoms with Crippen LogP contribution in [0.25, 0.3) is 10.8 Å². The Hall–Kier alpha value is -2.21. The van der Waals surface area contributed by atoms with Crippen LogP contribution in [0.3, 0.4) is 0 Å². The summed E-state index contributed by atoms with van der Waals surface area (Å²) in [4.78, 5) is 0. The van der Waals surface area contributed by atoms with Gasteiger partial charge in [-0.05, 0) is 92.3 Å². The Labute approximate surface area is 214 Å². The van der Waals surface area contributed by atoms with Crippen molar-refractivity contribution in [2.24, 2.45) is 11.3 Å². The van der Waals surface area contributed by atoms with Crippen molar-refractivity contribution >= 4 is 10.8 Å². The van der Waals surface area contributed by atoms with Crippen molar-refractivity contribution in [3.8, 4) is 5.75 Å². The first-order valence-electron chi connectivity index (χ1n) is 13.0. The molecule has 6 heteroatoms. The molecular formula is C30H42F3NO2. The number of hydrogen-bond acceptors (Lipinski definition) is 3. The molecule has 1 fully saturated rings. The molecule has 0 bridgehead atoms. The predicted octanol–water partition coefficient (Wildman–Crippen LogP) is 8.74. The summed E-state index contributed by atoms with van der Waals surface area (Å²) in [7, 11) is 0. The molecule has 0 amide bonds. The highest BCUT2D eigenvalue weighted by Gasteiger charge is 2.40. The second-order valence-electron chi connectivity index (χ2n) is 12.2. The van der Waals surface area contributed by atoms with Gasteiger partial charge in [0.2, 0.25) is 0 Å². The maximum absolute atomic E-state index is 13.9. The number of ether oxygens (including phenoxy) is 2. The van der Waals surface area contributed by atoms with Crippen molar-refractivity contribution in [3.05, 3.63) is 54.3 Å². The van der Waals surface area contributed by atoms with E-state index in [1.807, 2.05) is 39.0 Å². The molecule has 36 heavy (non-hydrogen) atoms. The Bertz CT molecular complexity index is 1030. The molecule has 0 heterocycles. The first-order valence-corrected chi connectivity index (χ1v) is 13.0. The van der Waals surface area contributed by atoms with E-state index in [1.54, 1.807) is 18.2 Å². The summed E-state index contributed by atoms with van der Waals surface area (Å²) in [6.45, 7) is 16.5. The molecule has 0 saturated heterocycles. The summed E-state index contributed by atoms with van der Waals surface area (Å²) in [5.41, 5.74) is 0.0856. The molecule has 3 nitrogen and oxygen atoms in total. The zero-order valence-corrected chi connectivity index (χ0v) is 22.6. The Morgan fingerprint density at radius 3 is 2.14 bits per heavy atom. The van der Waals surface area contributed by atoms with Gasteiger partial charge in [0.1, 0.15) is 17.4 Å². The fraction of sp³-hybridized carbons (Fsp3) is 0.600. The molecule has 2 aromatic rings. The lowest BCUT2D eigenvalue weighted by molar-refractivity contribution is -0.157. The average Bonchev–Trinajstić information content (AvgIpc) is 2.74. The van der Waals surface area contributed by atoms with Gasteiger partial charge >= 0.3 is 6.18 Å². The van der Waals surface area contributed by atoms with Crippen LogP contribution >= 0.6 is 0 Å². The maximum atomic E-state index is 13.9. The molecule has 0 radical (unpaired) electrons. The zero-order valence-electron chi connectivity index (χ0n) is 22.6. The monoisotopic (exact) mass is 505 g/mol. The van der Waals surface area contributed by atoms with Crippen LogP contribution < -0.4 is 10.1 Å². The van der Waals surface area contributed by atoms with Crippen molar-refractivity contribution in [2.75, 3.05) is 6.54 Å². The van der Waals surface area contributed by atoms with Crippen LogP contribution in [0.5, 0.6) is 5.75 Å². The quantitative estimate of drug-likeness (QED) is 0.364. The number of nitrogens with one attached hydrogen (secondary N) is 1. The molecule has 3 rings (SSSR count). The predicted molar refractivity (Wildman–Crippen MR) is 141 cm³/mol. The van der Waals surface area contributed by atoms with Gasteiger partial charge in [0.25, 0.3) is 0 Å². The number of benzene rings is 2. The van der Waals surface area contributed by atoms with E-state index < -0.39 is 17.8 Å². The van der Waals surface area contributed by atoms with Crippen molar-refractivity contribution < 1.29 is 22.6 Å². The van der Waals surface area contributed by atoms with Crippen molar-refractivity contribution in [1.82, 2.24) is 5.32 Å². The standard InChI is InChI=1S/C30H42F3NO2/c1-20(36-29(5,6)7)16-17-34-27(30(31,32)33)23-9-8-22-19-26(13-10-21(22)18-23)35-25-14-11-24(12-15-25)28(2,3)4/h8-10,13,18-19,24-25,27,34H,1,11-12,14-17H2,2-7H3/t24-,25-,27?. The van der Waals surface area contributed by atoms with Crippen LogP contribution in [-0.4, -0.2) is 24.4 Å². The van der Waals surface area contributed by atoms with Gasteiger partial charge < -0.3 is 14.8 Å². The van der Waals surface area contributed by atoms with Crippen LogP contribution in [0.1, 0.15) is 85.3 Å². The van der Waals surface area contributed by atoms with Gasteiger partial charge in [-0.15, -0.1) is 0 Å². The van der Waals surface area contributed by atoms with E-state index in [4.69, 9.17) is 9.47 Å². The fourth-order valence-electron chi connectivity index (χ4n) is 5.00. The van der Waals surface area contributed by atoms with Crippen molar-refractivity contribution in [2.45, 2.75) is 97.6 Å². The number of halogens is 3. The number of fused-ring (bicyclic) bond motifs is 1. The summed E-state index contributed by atoms with van der Waals surface area (Å²) in [6, 6.07) is 8.78. The number of hydrogen-bond donors (Lipinski definition) is 1. The van der Waals surface area contributed by atoms with Gasteiger partial charge in [-0.25, -0.2) is 0 Å². The Kier molecular flexibility index (Phi) is 8.70. The maximum Gasteiger partial charge on any atom is 0.407 e. The Morgan fingerprint density at radius 2 is 1.56 bits per heavy atom. The molecule has 200 valence electrons. The number of rotatable bonds is 8. The van der Waals surface area contributed by atoms with Gasteiger partial charge in [-0.1, -0.05) is 45.5 Å². The zero-order chi connectivity index (χ0) is 26.7. The van der Waals surface area contributed by atoms with E-state index in [0.717, 1.165) is 42.2 Å². The first kappa shape index (κ1) is 28.4. The Morgan fingerprint density at radius 1 is 0.944 bits per heavy atom. The minimum Gasteiger partial charge on any atom is -0.493 e. The van der Waals surface area contributed by atoms with Crippen molar-refractivity contribution in [3.63, 3.8) is 0 Å². The van der Waals surface area contributed by atoms with E-state index in [-0.39, 0.29) is 18.2 Å². The summed E-state index contributed by atoms with van der Waals surface area (Å²) >= 11 is 0. The van der Waals surface area contributed by atoms with Gasteiger partial charge in [-0.3, -0.25) is 0 Å². The Balaban J connectivity index is 1.65. The molecule has 1 aliphatic carbocycles. The van der Waals surface area contributed by atoms with Crippen molar-refractivity contribution in [1.29, 1.82) is 0 Å². The largest absolute Gasteiger partial charge is 0.493 e. The smallest absolute Gasteiger partial charge is 0.407 e. The highest BCUT2D eigenvalue weighted by Crippen LogP contribution is 2.39. The highest BCUT2D eigenvalue weighted by molar-refractivity contribution is 5.84. The third kappa shape index (κ3) is 8.16. The average molecular weight is 506 g/mol. The third-order valence-corrected chi connectivity index (χ3v) is 6.90. The molecule has 1 N–H and O–H groups in total. The van der Waals surface area contributed by atoms with E-state index in [0.29, 0.717) is 23.5 Å². The van der Waals surface area contributed by atoms with Gasteiger partial charge in [0.05, 0.1) is 11.9 Å². The molecule has 1 saturated carbocycles. The molecule has 1 unspecified atom stereocenters. The first-order chi connectivity index (χ1) is 16.6. The van der Waals surface area contributed by atoms with E-state index in [9.17, 15) is 13.2 Å². The molecule has 1 atom stereocenters. The van der Waals surface area contributed by atoms with Crippen LogP contribution in [0.4, 0.5) is 13.2 Å². The van der Waals surface area contributed by atoms with Crippen LogP contribution in [0, 0.1) is 11.3 Å². The molecule has 0 aliphatic heterocycles. The van der Waals surface area contributed by atoms with Gasteiger partial charge in [-0.2, -0.15) is 13.2 Å². The van der Waals surface area contributed by atoms with Crippen LogP contribution in [0.2, 0.25) is 0 Å². The molecule has 1 aliphatic rings. The lowest BCUT2D eigenvalue weighted by Gasteiger charge is -2.37. The SMILES string of the molecule is C=C(CCNC(c1ccc2cc(O[C@H]3CC[C@H](C(C)(C)C)CC3)ccc2c1)C(F)(F)F)OC(C)(C)C. The number of alkyl halides is 3. The fourth-order valence-corrected chi connectivity index (χ4v) is 5.00. The van der Waals surface area contributed by atoms with Crippen LogP contribution in [0.15, 0.2) is 48.7 Å². The van der Waals surface area contributed by atoms with E-state index in [2.05, 4.69) is 32.7 Å². The highest BCUT2D eigenvalue weighted by atomic mass is 19.4. The molecule has 0 aromatic heterocycles. The van der Waals surface area contributed by atoms with E-state index >= 15 is 0 Å². The molecular weight excluding hydrogens is 463 g/mol. The second kappa shape index (κ2) is 11.0. The third-order valence-electron chi connectivity index (χ3n) is 6.90. The lowest BCUT2D eigenvalue weighted by Crippen LogP contribution is -2.35. The second-order valence-corrected chi connectivity index (χ2v) is 12.2. The lowest BCUT2D eigenvalue weighted by atomic mass is 9.72. The topological polar surface area (TPSA) is 30.5 Å². The van der Waals surface area contributed by atoms with Gasteiger partial charge in [0.15, 0.2) is 0 Å². The molecule has 2 aromatic carbocycles. The minimum absolute atomic E-state index is 0.112. The van der Waals surface area contributed by atoms with Gasteiger partial charge in [0, 0.05) is 13.0 Å². The van der Waals surface area contributed by atoms with Crippen LogP contribution in [-0.2, 0) is 4.74 Å². The summed E-state index contributed by atoms with van der Waals surface area (Å²) in [5.74, 6) is 1.96. The summed E-state index contributed by atoms with van der Waals surface area (Å²) in [6.07, 6.45) is 0.455. The molecule has 0 spiro atoms.